The smallest absolute Gasteiger partial charge is 0.0108 e. The van der Waals surface area contributed by atoms with Gasteiger partial charge in [0.15, 0.2) is 0 Å². The molecule has 0 saturated heterocycles. The molecule has 1 aliphatic rings. The largest absolute Gasteiger partial charge is 0.327 e. The highest BCUT2D eigenvalue weighted by atomic mass is 14.7. The topological polar surface area (TPSA) is 26.0 Å². The van der Waals surface area contributed by atoms with E-state index in [1.54, 1.807) is 0 Å². The first-order valence-corrected chi connectivity index (χ1v) is 7.31. The van der Waals surface area contributed by atoms with Crippen LogP contribution in [0.1, 0.15) is 55.7 Å². The molecule has 0 amide bonds. The molecule has 0 heterocycles. The average Bonchev–Trinajstić information content (AvgIpc) is 2.33. The van der Waals surface area contributed by atoms with E-state index in [9.17, 15) is 0 Å². The first-order valence-electron chi connectivity index (χ1n) is 7.31. The summed E-state index contributed by atoms with van der Waals surface area (Å²) in [5.41, 5.74) is 10.6. The number of benzene rings is 1. The zero-order chi connectivity index (χ0) is 13.3. The molecule has 100 valence electrons. The van der Waals surface area contributed by atoms with Crippen LogP contribution in [0.2, 0.25) is 0 Å². The molecule has 0 bridgehead atoms. The molecule has 18 heavy (non-hydrogen) atoms. The van der Waals surface area contributed by atoms with E-state index in [1.807, 2.05) is 0 Å². The zero-order valence-corrected chi connectivity index (χ0v) is 12.2. The van der Waals surface area contributed by atoms with Crippen LogP contribution in [0, 0.1) is 25.7 Å². The predicted molar refractivity (Wildman–Crippen MR) is 78.8 cm³/mol. The fraction of sp³-hybridized carbons (Fsp3) is 0.647. The Hall–Kier alpha value is -0.820. The normalized spacial score (nSPS) is 28.7. The van der Waals surface area contributed by atoms with Crippen LogP contribution in [0.5, 0.6) is 0 Å². The molecular weight excluding hydrogens is 218 g/mol. The third-order valence-electron chi connectivity index (χ3n) is 4.72. The van der Waals surface area contributed by atoms with Crippen molar-refractivity contribution in [1.82, 2.24) is 0 Å². The Morgan fingerprint density at radius 1 is 1.17 bits per heavy atom. The van der Waals surface area contributed by atoms with Crippen LogP contribution in [-0.2, 0) is 0 Å². The van der Waals surface area contributed by atoms with E-state index in [2.05, 4.69) is 45.9 Å². The Bertz CT molecular complexity index is 408. The summed E-state index contributed by atoms with van der Waals surface area (Å²) in [6, 6.07) is 7.15. The summed E-state index contributed by atoms with van der Waals surface area (Å²) in [4.78, 5) is 0. The minimum absolute atomic E-state index is 0.348. The van der Waals surface area contributed by atoms with Crippen LogP contribution in [0.4, 0.5) is 0 Å². The fourth-order valence-electron chi connectivity index (χ4n) is 3.35. The van der Waals surface area contributed by atoms with Gasteiger partial charge in [0.2, 0.25) is 0 Å². The predicted octanol–water partition coefficient (Wildman–Crippen LogP) is 4.17. The summed E-state index contributed by atoms with van der Waals surface area (Å²) in [5, 5.41) is 0. The Kier molecular flexibility index (Phi) is 4.11. The zero-order valence-electron chi connectivity index (χ0n) is 12.2. The Morgan fingerprint density at radius 2 is 1.89 bits per heavy atom. The minimum atomic E-state index is 0.348. The molecule has 1 aromatic rings. The molecular formula is C17H27N. The number of aryl methyl sites for hydroxylation is 2. The second kappa shape index (κ2) is 5.44. The molecule has 1 nitrogen and oxygen atoms in total. The lowest BCUT2D eigenvalue weighted by Crippen LogP contribution is -2.36. The lowest BCUT2D eigenvalue weighted by atomic mass is 9.70. The van der Waals surface area contributed by atoms with Crippen molar-refractivity contribution < 1.29 is 0 Å². The molecule has 0 aliphatic heterocycles. The Balaban J connectivity index is 2.26. The lowest BCUT2D eigenvalue weighted by Gasteiger charge is -2.37. The van der Waals surface area contributed by atoms with Crippen LogP contribution in [-0.4, -0.2) is 6.04 Å². The number of hydrogen-bond acceptors (Lipinski definition) is 1. The van der Waals surface area contributed by atoms with Gasteiger partial charge < -0.3 is 5.73 Å². The van der Waals surface area contributed by atoms with E-state index in [0.29, 0.717) is 12.0 Å². The third kappa shape index (κ3) is 2.77. The first kappa shape index (κ1) is 13.6. The molecule has 2 rings (SSSR count). The van der Waals surface area contributed by atoms with Gasteiger partial charge >= 0.3 is 0 Å². The molecule has 0 spiro atoms. The first-order chi connectivity index (χ1) is 8.49. The van der Waals surface area contributed by atoms with Crippen molar-refractivity contribution in [2.75, 3.05) is 0 Å². The molecule has 0 aromatic heterocycles. The highest BCUT2D eigenvalue weighted by Gasteiger charge is 2.31. The van der Waals surface area contributed by atoms with Gasteiger partial charge in [0.25, 0.3) is 0 Å². The number of rotatable bonds is 2. The second-order valence-electron chi connectivity index (χ2n) is 6.45. The molecule has 1 aromatic carbocycles. The van der Waals surface area contributed by atoms with Gasteiger partial charge in [-0.1, -0.05) is 37.6 Å². The summed E-state index contributed by atoms with van der Waals surface area (Å²) >= 11 is 0. The summed E-state index contributed by atoms with van der Waals surface area (Å²) in [7, 11) is 0. The molecule has 3 unspecified atom stereocenters. The van der Waals surface area contributed by atoms with Gasteiger partial charge in [-0.3, -0.25) is 0 Å². The lowest BCUT2D eigenvalue weighted by molar-refractivity contribution is 0.232. The van der Waals surface area contributed by atoms with Crippen LogP contribution in [0.25, 0.3) is 0 Å². The van der Waals surface area contributed by atoms with Crippen LogP contribution >= 0.6 is 0 Å². The minimum Gasteiger partial charge on any atom is -0.327 e. The highest BCUT2D eigenvalue weighted by molar-refractivity contribution is 5.34. The van der Waals surface area contributed by atoms with Crippen molar-refractivity contribution in [1.29, 1.82) is 0 Å². The molecule has 1 aliphatic carbocycles. The average molecular weight is 245 g/mol. The van der Waals surface area contributed by atoms with Crippen LogP contribution in [0.3, 0.4) is 0 Å². The van der Waals surface area contributed by atoms with Crippen LogP contribution < -0.4 is 5.73 Å². The van der Waals surface area contributed by atoms with Crippen molar-refractivity contribution >= 4 is 0 Å². The molecule has 2 N–H and O–H groups in total. The molecule has 1 heteroatoms. The number of nitrogens with two attached hydrogens (primary N) is 1. The summed E-state index contributed by atoms with van der Waals surface area (Å²) in [5.74, 6) is 2.19. The maximum Gasteiger partial charge on any atom is 0.0108 e. The molecule has 0 radical (unpaired) electrons. The van der Waals surface area contributed by atoms with Crippen LogP contribution in [0.15, 0.2) is 18.2 Å². The van der Waals surface area contributed by atoms with E-state index in [-0.39, 0.29) is 0 Å². The third-order valence-corrected chi connectivity index (χ3v) is 4.72. The fourth-order valence-corrected chi connectivity index (χ4v) is 3.35. The maximum atomic E-state index is 6.39. The monoisotopic (exact) mass is 245 g/mol. The van der Waals surface area contributed by atoms with Gasteiger partial charge in [-0.2, -0.15) is 0 Å². The van der Waals surface area contributed by atoms with Gasteiger partial charge in [-0.25, -0.2) is 0 Å². The second-order valence-corrected chi connectivity index (χ2v) is 6.45. The van der Waals surface area contributed by atoms with Crippen molar-refractivity contribution in [3.05, 3.63) is 34.9 Å². The number of hydrogen-bond donors (Lipinski definition) is 1. The van der Waals surface area contributed by atoms with E-state index in [0.717, 1.165) is 11.8 Å². The molecule has 1 saturated carbocycles. The standard InChI is InChI=1S/C17H27N/c1-11(2)14-7-8-17(18)16(10-14)15-9-12(3)5-6-13(15)4/h5-6,9,11,14,16-17H,7-8,10,18H2,1-4H3. The molecule has 3 atom stereocenters. The van der Waals surface area contributed by atoms with Gasteiger partial charge in [0.05, 0.1) is 0 Å². The van der Waals surface area contributed by atoms with E-state index >= 15 is 0 Å². The summed E-state index contributed by atoms with van der Waals surface area (Å²) < 4.78 is 0. The van der Waals surface area contributed by atoms with Gasteiger partial charge in [-0.15, -0.1) is 0 Å². The summed E-state index contributed by atoms with van der Waals surface area (Å²) in [6.45, 7) is 9.10. The quantitative estimate of drug-likeness (QED) is 0.831. The van der Waals surface area contributed by atoms with E-state index < -0.39 is 0 Å². The van der Waals surface area contributed by atoms with Crippen molar-refractivity contribution in [3.63, 3.8) is 0 Å². The Labute approximate surface area is 112 Å². The molecule has 1 fully saturated rings. The van der Waals surface area contributed by atoms with E-state index in [4.69, 9.17) is 5.73 Å². The SMILES string of the molecule is Cc1ccc(C)c(C2CC(C(C)C)CCC2N)c1. The van der Waals surface area contributed by atoms with Gasteiger partial charge in [0, 0.05) is 6.04 Å². The van der Waals surface area contributed by atoms with Crippen molar-refractivity contribution in [2.24, 2.45) is 17.6 Å². The Morgan fingerprint density at radius 3 is 2.56 bits per heavy atom. The van der Waals surface area contributed by atoms with Crippen molar-refractivity contribution in [2.45, 2.75) is 58.9 Å². The highest BCUT2D eigenvalue weighted by Crippen LogP contribution is 2.39. The maximum absolute atomic E-state index is 6.39. The van der Waals surface area contributed by atoms with Gasteiger partial charge in [-0.05, 0) is 62.0 Å². The summed E-state index contributed by atoms with van der Waals surface area (Å²) in [6.07, 6.45) is 3.75. The van der Waals surface area contributed by atoms with Crippen molar-refractivity contribution in [3.8, 4) is 0 Å². The van der Waals surface area contributed by atoms with E-state index in [1.165, 1.54) is 36.0 Å². The van der Waals surface area contributed by atoms with Gasteiger partial charge in [0.1, 0.15) is 0 Å².